The highest BCUT2D eigenvalue weighted by atomic mass is 16.6. The van der Waals surface area contributed by atoms with Gasteiger partial charge >= 0.3 is 30.5 Å². The van der Waals surface area contributed by atoms with Crippen molar-refractivity contribution in [1.29, 1.82) is 0 Å². The van der Waals surface area contributed by atoms with Gasteiger partial charge in [-0.25, -0.2) is 28.9 Å². The molecular weight excluding hydrogens is 714 g/mol. The number of guanidine groups is 1. The van der Waals surface area contributed by atoms with Crippen LogP contribution in [0.1, 0.15) is 122 Å². The predicted molar refractivity (Wildman–Crippen MR) is 206 cm³/mol. The van der Waals surface area contributed by atoms with Crippen molar-refractivity contribution in [2.24, 2.45) is 4.99 Å². The molecule has 0 bridgehead atoms. The maximum atomic E-state index is 14.0. The number of carbonyl (C=O) groups is 6. The van der Waals surface area contributed by atoms with Crippen LogP contribution in [0.2, 0.25) is 0 Å². The number of hydrogen-bond acceptors (Lipinski definition) is 11. The first-order chi connectivity index (χ1) is 24.7. The van der Waals surface area contributed by atoms with E-state index in [-0.39, 0.29) is 19.5 Å². The van der Waals surface area contributed by atoms with Crippen molar-refractivity contribution in [2.75, 3.05) is 13.6 Å². The van der Waals surface area contributed by atoms with Gasteiger partial charge in [0.1, 0.15) is 28.0 Å². The van der Waals surface area contributed by atoms with Crippen LogP contribution in [0.15, 0.2) is 35.3 Å². The molecule has 0 aliphatic heterocycles. The first-order valence-electron chi connectivity index (χ1n) is 18.1. The number of nitrogens with zero attached hydrogens (tertiary/aromatic N) is 4. The van der Waals surface area contributed by atoms with Crippen molar-refractivity contribution in [2.45, 2.75) is 157 Å². The zero-order valence-corrected chi connectivity index (χ0v) is 35.6. The van der Waals surface area contributed by atoms with Crippen LogP contribution in [-0.2, 0) is 35.0 Å². The molecular formula is C39H63N5O11. The largest absolute Gasteiger partial charge is 0.444 e. The van der Waals surface area contributed by atoms with E-state index in [0.29, 0.717) is 10.5 Å². The fourth-order valence-corrected chi connectivity index (χ4v) is 4.33. The van der Waals surface area contributed by atoms with Crippen LogP contribution in [0.3, 0.4) is 0 Å². The molecule has 310 valence electrons. The van der Waals surface area contributed by atoms with Crippen LogP contribution in [0.5, 0.6) is 0 Å². The number of aliphatic imine (C=N–C) groups is 1. The van der Waals surface area contributed by atoms with E-state index in [1.54, 1.807) is 134 Å². The molecule has 55 heavy (non-hydrogen) atoms. The molecule has 0 fully saturated rings. The molecule has 1 aromatic rings. The van der Waals surface area contributed by atoms with E-state index in [1.165, 1.54) is 11.9 Å². The molecule has 0 aromatic heterocycles. The molecule has 1 aromatic carbocycles. The summed E-state index contributed by atoms with van der Waals surface area (Å²) in [6, 6.07) is 7.84. The third kappa shape index (κ3) is 20.4. The van der Waals surface area contributed by atoms with Gasteiger partial charge in [-0.05, 0) is 116 Å². The Labute approximate surface area is 326 Å². The Hall–Kier alpha value is -4.89. The summed E-state index contributed by atoms with van der Waals surface area (Å²) in [6.45, 7) is 24.2. The Morgan fingerprint density at radius 2 is 1.07 bits per heavy atom. The molecule has 0 saturated carbocycles. The number of alkyl carbamates (subject to hydrolysis) is 1. The average Bonchev–Trinajstić information content (AvgIpc) is 2.93. The Morgan fingerprint density at radius 3 is 1.51 bits per heavy atom. The number of amides is 6. The van der Waals surface area contributed by atoms with Gasteiger partial charge in [0.15, 0.2) is 0 Å². The van der Waals surface area contributed by atoms with Crippen molar-refractivity contribution < 1.29 is 52.5 Å². The molecule has 0 saturated heterocycles. The van der Waals surface area contributed by atoms with E-state index in [2.05, 4.69) is 10.3 Å². The van der Waals surface area contributed by atoms with E-state index in [9.17, 15) is 28.8 Å². The van der Waals surface area contributed by atoms with E-state index in [1.807, 2.05) is 0 Å². The molecule has 0 heterocycles. The van der Waals surface area contributed by atoms with Gasteiger partial charge in [0.2, 0.25) is 11.9 Å². The normalized spacial score (nSPS) is 13.1. The zero-order valence-electron chi connectivity index (χ0n) is 35.6. The molecule has 1 atom stereocenters. The summed E-state index contributed by atoms with van der Waals surface area (Å²) >= 11 is 0. The number of imide groups is 2. The van der Waals surface area contributed by atoms with Crippen molar-refractivity contribution in [3.63, 3.8) is 0 Å². The second kappa shape index (κ2) is 19.1. The van der Waals surface area contributed by atoms with Gasteiger partial charge in [-0.2, -0.15) is 0 Å². The lowest BCUT2D eigenvalue weighted by Gasteiger charge is -2.33. The highest BCUT2D eigenvalue weighted by molar-refractivity contribution is 6.10. The molecule has 0 spiro atoms. The van der Waals surface area contributed by atoms with E-state index in [0.717, 1.165) is 4.90 Å². The van der Waals surface area contributed by atoms with Gasteiger partial charge in [0.05, 0.1) is 6.54 Å². The summed E-state index contributed by atoms with van der Waals surface area (Å²) in [7, 11) is 1.43. The van der Waals surface area contributed by atoms with Crippen molar-refractivity contribution in [3.8, 4) is 0 Å². The summed E-state index contributed by atoms with van der Waals surface area (Å²) in [6.07, 6.45) is -5.69. The van der Waals surface area contributed by atoms with E-state index < -0.39 is 82.8 Å². The fraction of sp³-hybridized carbons (Fsp3) is 0.667. The second-order valence-electron chi connectivity index (χ2n) is 17.9. The minimum Gasteiger partial charge on any atom is -0.444 e. The van der Waals surface area contributed by atoms with Crippen molar-refractivity contribution >= 4 is 42.3 Å². The van der Waals surface area contributed by atoms with Crippen LogP contribution >= 0.6 is 0 Å². The van der Waals surface area contributed by atoms with E-state index in [4.69, 9.17) is 23.7 Å². The quantitative estimate of drug-likeness (QED) is 0.153. The third-order valence-electron chi connectivity index (χ3n) is 6.33. The average molecular weight is 778 g/mol. The number of nitrogens with one attached hydrogen (secondary N) is 1. The molecule has 0 aliphatic carbocycles. The first kappa shape index (κ1) is 48.1. The number of rotatable bonds is 8. The Kier molecular flexibility index (Phi) is 16.7. The van der Waals surface area contributed by atoms with Crippen LogP contribution in [0.25, 0.3) is 0 Å². The molecule has 0 unspecified atom stereocenters. The summed E-state index contributed by atoms with van der Waals surface area (Å²) in [5, 5.41) is 2.70. The summed E-state index contributed by atoms with van der Waals surface area (Å²) in [4.78, 5) is 87.5. The lowest BCUT2D eigenvalue weighted by molar-refractivity contribution is -0.131. The number of benzene rings is 1. The smallest absolute Gasteiger partial charge is 0.437 e. The van der Waals surface area contributed by atoms with Crippen molar-refractivity contribution in [1.82, 2.24) is 20.0 Å². The Balaban J connectivity index is 3.71. The number of carbonyl (C=O) groups excluding carboxylic acids is 6. The highest BCUT2D eigenvalue weighted by Gasteiger charge is 2.38. The molecule has 16 nitrogen and oxygen atoms in total. The molecule has 0 aliphatic rings. The van der Waals surface area contributed by atoms with Gasteiger partial charge in [-0.15, -0.1) is 9.89 Å². The molecule has 1 rings (SSSR count). The van der Waals surface area contributed by atoms with Crippen molar-refractivity contribution in [3.05, 3.63) is 35.9 Å². The van der Waals surface area contributed by atoms with Gasteiger partial charge in [0, 0.05) is 26.1 Å². The summed E-state index contributed by atoms with van der Waals surface area (Å²) in [5.74, 6) is -1.19. The SMILES string of the molecule is CN(CC[C@@H](CC(=O)N(Cc1ccccc1)C(=O)OC(C)(C)C)NC(=O)OC(C)(C)C)/C(=N\C(=O)OC(C)(C)C)N(C(=O)OC(C)(C)C)C(=O)OC(C)(C)C. The lowest BCUT2D eigenvalue weighted by atomic mass is 10.1. The lowest BCUT2D eigenvalue weighted by Crippen LogP contribution is -2.53. The van der Waals surface area contributed by atoms with Crippen LogP contribution in [0, 0.1) is 0 Å². The topological polar surface area (TPSA) is 183 Å². The van der Waals surface area contributed by atoms with Gasteiger partial charge in [-0.3, -0.25) is 4.79 Å². The van der Waals surface area contributed by atoms with Crippen LogP contribution in [0.4, 0.5) is 24.0 Å². The Morgan fingerprint density at radius 1 is 0.636 bits per heavy atom. The van der Waals surface area contributed by atoms with Gasteiger partial charge in [-0.1, -0.05) is 30.3 Å². The fourth-order valence-electron chi connectivity index (χ4n) is 4.33. The molecule has 0 radical (unpaired) electrons. The van der Waals surface area contributed by atoms with E-state index >= 15 is 0 Å². The molecule has 1 N–H and O–H groups in total. The maximum Gasteiger partial charge on any atom is 0.437 e. The molecule has 6 amide bonds. The minimum atomic E-state index is -1.19. The van der Waals surface area contributed by atoms with Gasteiger partial charge in [0.25, 0.3) is 0 Å². The molecule has 16 heteroatoms. The van der Waals surface area contributed by atoms with Crippen LogP contribution in [-0.4, -0.2) is 105 Å². The minimum absolute atomic E-state index is 0.0568. The highest BCUT2D eigenvalue weighted by Crippen LogP contribution is 2.20. The first-order valence-corrected chi connectivity index (χ1v) is 18.1. The monoisotopic (exact) mass is 777 g/mol. The predicted octanol–water partition coefficient (Wildman–Crippen LogP) is 8.02. The van der Waals surface area contributed by atoms with Gasteiger partial charge < -0.3 is 33.9 Å². The number of ether oxygens (including phenoxy) is 5. The number of hydrogen-bond donors (Lipinski definition) is 1. The summed E-state index contributed by atoms with van der Waals surface area (Å²) < 4.78 is 27.4. The summed E-state index contributed by atoms with van der Waals surface area (Å²) in [5.41, 5.74) is -4.29. The second-order valence-corrected chi connectivity index (χ2v) is 17.9. The standard InChI is InChI=1S/C39H63N5O11/c1-35(2,3)51-30(46)40-27(24-28(45)43(32(48)53-37(7,8)9)25-26-20-18-17-19-21-26)22-23-42(16)29(41-31(47)52-36(4,5)6)44(33(49)54-38(10,11)12)34(50)55-39(13,14)15/h17-21,27H,22-25H2,1-16H3,(H,40,46)/b41-29+/t27-/m0/s1. The Bertz CT molecular complexity index is 1500. The zero-order chi connectivity index (χ0) is 42.7. The maximum absolute atomic E-state index is 14.0. The van der Waals surface area contributed by atoms with Crippen LogP contribution < -0.4 is 5.32 Å². The third-order valence-corrected chi connectivity index (χ3v) is 6.33.